The van der Waals surface area contributed by atoms with Crippen LogP contribution in [0.5, 0.6) is 0 Å². The molecule has 112 valence electrons. The number of anilines is 1. The minimum Gasteiger partial charge on any atom is -0.326 e. The van der Waals surface area contributed by atoms with E-state index >= 15 is 0 Å². The van der Waals surface area contributed by atoms with Crippen molar-refractivity contribution in [2.45, 2.75) is 25.3 Å². The van der Waals surface area contributed by atoms with Crippen molar-refractivity contribution in [3.63, 3.8) is 0 Å². The molecule has 1 aromatic carbocycles. The molecule has 21 heavy (non-hydrogen) atoms. The molecular formula is C14H16FN3O2S. The van der Waals surface area contributed by atoms with Gasteiger partial charge in [0.25, 0.3) is 10.0 Å². The molecule has 0 atom stereocenters. The third-order valence-electron chi connectivity index (χ3n) is 3.03. The van der Waals surface area contributed by atoms with Crippen LogP contribution in [0.4, 0.5) is 10.1 Å². The Hall–Kier alpha value is -1.99. The molecule has 0 bridgehead atoms. The Balaban J connectivity index is 2.47. The fourth-order valence-corrected chi connectivity index (χ4v) is 3.28. The lowest BCUT2D eigenvalue weighted by atomic mass is 10.1. The fraction of sp³-hybridized carbons (Fsp3) is 0.214. The lowest BCUT2D eigenvalue weighted by Crippen LogP contribution is -2.16. The Morgan fingerprint density at radius 3 is 2.62 bits per heavy atom. The molecule has 2 aromatic rings. The molecule has 0 radical (unpaired) electrons. The average molecular weight is 309 g/mol. The molecule has 2 rings (SSSR count). The van der Waals surface area contributed by atoms with Crippen LogP contribution in [0.25, 0.3) is 0 Å². The zero-order chi connectivity index (χ0) is 15.6. The molecule has 0 saturated carbocycles. The monoisotopic (exact) mass is 309 g/mol. The van der Waals surface area contributed by atoms with Gasteiger partial charge in [0.2, 0.25) is 0 Å². The number of benzene rings is 1. The highest BCUT2D eigenvalue weighted by Gasteiger charge is 2.20. The summed E-state index contributed by atoms with van der Waals surface area (Å²) in [6.07, 6.45) is 1.50. The summed E-state index contributed by atoms with van der Waals surface area (Å²) in [6, 6.07) is 5.75. The zero-order valence-electron chi connectivity index (χ0n) is 11.7. The first-order valence-electron chi connectivity index (χ1n) is 6.28. The number of aryl methyl sites for hydroxylation is 1. The maximum Gasteiger partial charge on any atom is 0.262 e. The molecule has 0 amide bonds. The molecule has 0 spiro atoms. The van der Waals surface area contributed by atoms with E-state index in [-0.39, 0.29) is 17.0 Å². The summed E-state index contributed by atoms with van der Waals surface area (Å²) in [7, 11) is -3.89. The largest absolute Gasteiger partial charge is 0.326 e. The van der Waals surface area contributed by atoms with Gasteiger partial charge in [-0.15, -0.1) is 0 Å². The van der Waals surface area contributed by atoms with Gasteiger partial charge in [0.15, 0.2) is 0 Å². The van der Waals surface area contributed by atoms with Crippen LogP contribution in [0.3, 0.4) is 0 Å². The molecule has 0 saturated heterocycles. The second kappa shape index (κ2) is 5.79. The third-order valence-corrected chi connectivity index (χ3v) is 4.54. The fourth-order valence-electron chi connectivity index (χ4n) is 1.92. The number of sulfonamides is 1. The maximum absolute atomic E-state index is 13.8. The highest BCUT2D eigenvalue weighted by Crippen LogP contribution is 2.23. The van der Waals surface area contributed by atoms with E-state index in [0.29, 0.717) is 16.9 Å². The van der Waals surface area contributed by atoms with E-state index in [4.69, 9.17) is 5.73 Å². The molecule has 5 nitrogen and oxygen atoms in total. The Kier molecular flexibility index (Phi) is 4.24. The summed E-state index contributed by atoms with van der Waals surface area (Å²) in [5.74, 6) is -0.593. The smallest absolute Gasteiger partial charge is 0.262 e. The van der Waals surface area contributed by atoms with Gasteiger partial charge in [-0.2, -0.15) is 0 Å². The van der Waals surface area contributed by atoms with Gasteiger partial charge in [0, 0.05) is 24.0 Å². The van der Waals surface area contributed by atoms with Crippen LogP contribution >= 0.6 is 0 Å². The predicted molar refractivity (Wildman–Crippen MR) is 78.8 cm³/mol. The summed E-state index contributed by atoms with van der Waals surface area (Å²) in [5, 5.41) is 0. The van der Waals surface area contributed by atoms with Crippen molar-refractivity contribution in [1.82, 2.24) is 4.98 Å². The van der Waals surface area contributed by atoms with Crippen molar-refractivity contribution >= 4 is 15.7 Å². The second-order valence-corrected chi connectivity index (χ2v) is 6.35. The van der Waals surface area contributed by atoms with Crippen LogP contribution in [0.1, 0.15) is 16.8 Å². The lowest BCUT2D eigenvalue weighted by Gasteiger charge is -2.12. The summed E-state index contributed by atoms with van der Waals surface area (Å²) in [4.78, 5) is 3.88. The molecule has 0 aliphatic carbocycles. The SMILES string of the molecule is Cc1cc(NS(=O)(=O)c2cc(CN)cc(F)c2C)ccn1. The van der Waals surface area contributed by atoms with Crippen LogP contribution in [-0.4, -0.2) is 13.4 Å². The van der Waals surface area contributed by atoms with Crippen LogP contribution in [0, 0.1) is 19.7 Å². The minimum absolute atomic E-state index is 0.0606. The van der Waals surface area contributed by atoms with Crippen molar-refractivity contribution in [1.29, 1.82) is 0 Å². The Labute approximate surface area is 123 Å². The van der Waals surface area contributed by atoms with Crippen LogP contribution in [0.15, 0.2) is 35.4 Å². The van der Waals surface area contributed by atoms with Crippen molar-refractivity contribution in [2.24, 2.45) is 5.73 Å². The highest BCUT2D eigenvalue weighted by atomic mass is 32.2. The van der Waals surface area contributed by atoms with E-state index in [9.17, 15) is 12.8 Å². The molecule has 0 fully saturated rings. The van der Waals surface area contributed by atoms with Gasteiger partial charge >= 0.3 is 0 Å². The van der Waals surface area contributed by atoms with Gasteiger partial charge in [-0.25, -0.2) is 12.8 Å². The van der Waals surface area contributed by atoms with Gasteiger partial charge in [0.05, 0.1) is 10.6 Å². The Bertz CT molecular complexity index is 776. The van der Waals surface area contributed by atoms with Crippen LogP contribution < -0.4 is 10.5 Å². The van der Waals surface area contributed by atoms with Crippen LogP contribution in [0.2, 0.25) is 0 Å². The number of rotatable bonds is 4. The number of nitrogens with two attached hydrogens (primary N) is 1. The Morgan fingerprint density at radius 2 is 2.00 bits per heavy atom. The van der Waals surface area contributed by atoms with Crippen molar-refractivity contribution in [2.75, 3.05) is 4.72 Å². The van der Waals surface area contributed by atoms with E-state index in [1.165, 1.54) is 31.3 Å². The minimum atomic E-state index is -3.89. The van der Waals surface area contributed by atoms with Crippen molar-refractivity contribution < 1.29 is 12.8 Å². The summed E-state index contributed by atoms with van der Waals surface area (Å²) in [5.41, 5.74) is 6.99. The van der Waals surface area contributed by atoms with Gasteiger partial charge in [-0.05, 0) is 43.7 Å². The van der Waals surface area contributed by atoms with Crippen LogP contribution in [-0.2, 0) is 16.6 Å². The summed E-state index contributed by atoms with van der Waals surface area (Å²) >= 11 is 0. The summed E-state index contributed by atoms with van der Waals surface area (Å²) < 4.78 is 41.1. The van der Waals surface area contributed by atoms with Gasteiger partial charge < -0.3 is 5.73 Å². The molecule has 0 unspecified atom stereocenters. The number of pyridine rings is 1. The second-order valence-electron chi connectivity index (χ2n) is 4.70. The quantitative estimate of drug-likeness (QED) is 0.905. The Morgan fingerprint density at radius 1 is 1.29 bits per heavy atom. The molecule has 3 N–H and O–H groups in total. The number of nitrogens with one attached hydrogen (secondary N) is 1. The lowest BCUT2D eigenvalue weighted by molar-refractivity contribution is 0.589. The van der Waals surface area contributed by atoms with E-state index < -0.39 is 15.8 Å². The van der Waals surface area contributed by atoms with E-state index in [2.05, 4.69) is 9.71 Å². The average Bonchev–Trinajstić information content (AvgIpc) is 2.41. The molecular weight excluding hydrogens is 293 g/mol. The number of nitrogens with zero attached hydrogens (tertiary/aromatic N) is 1. The highest BCUT2D eigenvalue weighted by molar-refractivity contribution is 7.92. The number of halogens is 1. The van der Waals surface area contributed by atoms with Gasteiger partial charge in [-0.3, -0.25) is 9.71 Å². The first-order valence-corrected chi connectivity index (χ1v) is 7.76. The van der Waals surface area contributed by atoms with Gasteiger partial charge in [-0.1, -0.05) is 0 Å². The maximum atomic E-state index is 13.8. The molecule has 1 heterocycles. The zero-order valence-corrected chi connectivity index (χ0v) is 12.5. The molecule has 0 aliphatic rings. The topological polar surface area (TPSA) is 85.1 Å². The standard InChI is InChI=1S/C14H16FN3O2S/c1-9-5-12(3-4-17-9)18-21(19,20)14-7-11(8-16)6-13(15)10(14)2/h3-7H,8,16H2,1-2H3,(H,17,18). The first kappa shape index (κ1) is 15.4. The van der Waals surface area contributed by atoms with Crippen molar-refractivity contribution in [3.8, 4) is 0 Å². The predicted octanol–water partition coefficient (Wildman–Crippen LogP) is 2.10. The number of hydrogen-bond donors (Lipinski definition) is 2. The van der Waals surface area contributed by atoms with E-state index in [0.717, 1.165) is 0 Å². The van der Waals surface area contributed by atoms with Crippen molar-refractivity contribution in [3.05, 3.63) is 53.1 Å². The van der Waals surface area contributed by atoms with E-state index in [1.807, 2.05) is 0 Å². The van der Waals surface area contributed by atoms with E-state index in [1.54, 1.807) is 13.0 Å². The first-order chi connectivity index (χ1) is 9.83. The number of aromatic nitrogens is 1. The van der Waals surface area contributed by atoms with Gasteiger partial charge in [0.1, 0.15) is 5.82 Å². The molecule has 7 heteroatoms. The third kappa shape index (κ3) is 3.37. The molecule has 1 aromatic heterocycles. The number of hydrogen-bond acceptors (Lipinski definition) is 4. The summed E-state index contributed by atoms with van der Waals surface area (Å²) in [6.45, 7) is 3.23. The molecule has 0 aliphatic heterocycles. The normalized spacial score (nSPS) is 11.4.